The van der Waals surface area contributed by atoms with E-state index in [0.717, 1.165) is 0 Å². The zero-order valence-electron chi connectivity index (χ0n) is 10.7. The Balaban J connectivity index is 3.23. The second-order valence-corrected chi connectivity index (χ2v) is 8.10. The molecule has 0 unspecified atom stereocenters. The van der Waals surface area contributed by atoms with Crippen LogP contribution in [0.15, 0.2) is 27.1 Å². The van der Waals surface area contributed by atoms with Crippen LogP contribution in [0.1, 0.15) is 33.3 Å². The largest absolute Gasteiger partial charge is 0.258 e. The number of hydrogen-bond donors (Lipinski definition) is 0. The monoisotopic (exact) mass is 335 g/mol. The number of hydrogen-bond acceptors (Lipinski definition) is 2. The molecule has 0 aliphatic carbocycles. The standard InChI is InChI=1S/C12H15BrFNO2S/c1-8(15-18(16,17)12(2,3)4)9-5-6-11(14)10(13)7-9/h5-7H,1-4H3/b15-8+. The van der Waals surface area contributed by atoms with Gasteiger partial charge in [-0.15, -0.1) is 0 Å². The Hall–Kier alpha value is -0.750. The summed E-state index contributed by atoms with van der Waals surface area (Å²) in [4.78, 5) is 0. The maximum absolute atomic E-state index is 13.1. The molecule has 3 nitrogen and oxygen atoms in total. The van der Waals surface area contributed by atoms with Gasteiger partial charge in [-0.1, -0.05) is 6.07 Å². The van der Waals surface area contributed by atoms with Crippen LogP contribution in [0.5, 0.6) is 0 Å². The third-order valence-electron chi connectivity index (χ3n) is 2.37. The molecule has 0 amide bonds. The molecule has 0 heterocycles. The molecule has 1 rings (SSSR count). The molecular formula is C12H15BrFNO2S. The fourth-order valence-corrected chi connectivity index (χ4v) is 2.21. The highest BCUT2D eigenvalue weighted by Gasteiger charge is 2.28. The van der Waals surface area contributed by atoms with Crippen molar-refractivity contribution in [2.24, 2.45) is 4.40 Å². The van der Waals surface area contributed by atoms with Gasteiger partial charge in [0.25, 0.3) is 10.0 Å². The summed E-state index contributed by atoms with van der Waals surface area (Å²) in [7, 11) is -3.59. The van der Waals surface area contributed by atoms with Crippen LogP contribution in [-0.4, -0.2) is 18.9 Å². The van der Waals surface area contributed by atoms with Crippen molar-refractivity contribution in [1.29, 1.82) is 0 Å². The van der Waals surface area contributed by atoms with Crippen molar-refractivity contribution in [3.05, 3.63) is 34.1 Å². The molecule has 100 valence electrons. The predicted molar refractivity (Wildman–Crippen MR) is 75.0 cm³/mol. The van der Waals surface area contributed by atoms with Crippen LogP contribution in [0.4, 0.5) is 4.39 Å². The molecule has 0 bridgehead atoms. The maximum atomic E-state index is 13.1. The first-order valence-electron chi connectivity index (χ1n) is 5.31. The molecule has 0 aliphatic heterocycles. The van der Waals surface area contributed by atoms with Crippen molar-refractivity contribution < 1.29 is 12.8 Å². The molecule has 0 saturated heterocycles. The molecule has 0 radical (unpaired) electrons. The predicted octanol–water partition coefficient (Wildman–Crippen LogP) is 3.53. The Morgan fingerprint density at radius 1 is 1.33 bits per heavy atom. The van der Waals surface area contributed by atoms with E-state index in [-0.39, 0.29) is 4.47 Å². The number of nitrogens with zero attached hydrogens (tertiary/aromatic N) is 1. The van der Waals surface area contributed by atoms with Gasteiger partial charge in [0.2, 0.25) is 0 Å². The summed E-state index contributed by atoms with van der Waals surface area (Å²) in [6, 6.07) is 4.27. The molecule has 0 aromatic heterocycles. The van der Waals surface area contributed by atoms with E-state index in [4.69, 9.17) is 0 Å². The summed E-state index contributed by atoms with van der Waals surface area (Å²) in [5.41, 5.74) is 0.904. The highest BCUT2D eigenvalue weighted by Crippen LogP contribution is 2.21. The molecule has 0 N–H and O–H groups in total. The second kappa shape index (κ2) is 5.09. The summed E-state index contributed by atoms with van der Waals surface area (Å²) in [6.45, 7) is 6.34. The minimum Gasteiger partial charge on any atom is -0.206 e. The molecule has 6 heteroatoms. The quantitative estimate of drug-likeness (QED) is 0.776. The average molecular weight is 336 g/mol. The number of halogens is 2. The average Bonchev–Trinajstić information content (AvgIpc) is 2.19. The van der Waals surface area contributed by atoms with Crippen LogP contribution in [0.25, 0.3) is 0 Å². The van der Waals surface area contributed by atoms with E-state index in [1.54, 1.807) is 27.7 Å². The maximum Gasteiger partial charge on any atom is 0.258 e. The molecule has 18 heavy (non-hydrogen) atoms. The molecular weight excluding hydrogens is 321 g/mol. The molecule has 0 fully saturated rings. The first-order chi connectivity index (χ1) is 8.04. The van der Waals surface area contributed by atoms with Crippen molar-refractivity contribution in [2.75, 3.05) is 0 Å². The highest BCUT2D eigenvalue weighted by atomic mass is 79.9. The number of sulfonamides is 1. The lowest BCUT2D eigenvalue weighted by molar-refractivity contribution is 0.562. The summed E-state index contributed by atoms with van der Waals surface area (Å²) >= 11 is 3.05. The summed E-state index contributed by atoms with van der Waals surface area (Å²) in [5.74, 6) is -0.398. The molecule has 1 aromatic carbocycles. The van der Waals surface area contributed by atoms with Crippen LogP contribution >= 0.6 is 15.9 Å². The smallest absolute Gasteiger partial charge is 0.206 e. The number of benzene rings is 1. The van der Waals surface area contributed by atoms with E-state index in [1.165, 1.54) is 18.2 Å². The van der Waals surface area contributed by atoms with Gasteiger partial charge in [-0.05, 0) is 61.3 Å². The van der Waals surface area contributed by atoms with E-state index in [0.29, 0.717) is 11.3 Å². The van der Waals surface area contributed by atoms with Crippen LogP contribution in [0.2, 0.25) is 0 Å². The van der Waals surface area contributed by atoms with Gasteiger partial charge in [0.05, 0.1) is 14.9 Å². The lowest BCUT2D eigenvalue weighted by Gasteiger charge is -2.15. The van der Waals surface area contributed by atoms with E-state index in [9.17, 15) is 12.8 Å². The first-order valence-corrected chi connectivity index (χ1v) is 7.54. The fourth-order valence-electron chi connectivity index (χ4n) is 1.09. The van der Waals surface area contributed by atoms with Crippen LogP contribution in [0, 0.1) is 5.82 Å². The Labute approximate surface area is 115 Å². The van der Waals surface area contributed by atoms with Crippen molar-refractivity contribution in [2.45, 2.75) is 32.4 Å². The van der Waals surface area contributed by atoms with Gasteiger partial charge in [0, 0.05) is 0 Å². The summed E-state index contributed by atoms with van der Waals surface area (Å²) in [5, 5.41) is 0. The van der Waals surface area contributed by atoms with Crippen molar-refractivity contribution >= 4 is 31.7 Å². The molecule has 0 spiro atoms. The SMILES string of the molecule is C/C(=N\S(=O)(=O)C(C)(C)C)c1ccc(F)c(Br)c1. The summed E-state index contributed by atoms with van der Waals surface area (Å²) < 4.78 is 40.0. The van der Waals surface area contributed by atoms with Gasteiger partial charge in [0.15, 0.2) is 0 Å². The van der Waals surface area contributed by atoms with Crippen LogP contribution in [0.3, 0.4) is 0 Å². The molecule has 0 saturated carbocycles. The van der Waals surface area contributed by atoms with E-state index in [1.807, 2.05) is 0 Å². The summed E-state index contributed by atoms with van der Waals surface area (Å²) in [6.07, 6.45) is 0. The molecule has 1 aromatic rings. The Morgan fingerprint density at radius 2 is 1.89 bits per heavy atom. The van der Waals surface area contributed by atoms with E-state index < -0.39 is 20.6 Å². The first kappa shape index (κ1) is 15.3. The van der Waals surface area contributed by atoms with Gasteiger partial charge in [-0.3, -0.25) is 0 Å². The zero-order valence-corrected chi connectivity index (χ0v) is 13.1. The minimum absolute atomic E-state index is 0.280. The fraction of sp³-hybridized carbons (Fsp3) is 0.417. The third kappa shape index (κ3) is 3.38. The van der Waals surface area contributed by atoms with Crippen LogP contribution < -0.4 is 0 Å². The van der Waals surface area contributed by atoms with Gasteiger partial charge in [-0.2, -0.15) is 4.40 Å². The van der Waals surface area contributed by atoms with Crippen LogP contribution in [-0.2, 0) is 10.0 Å². The lowest BCUT2D eigenvalue weighted by atomic mass is 10.1. The number of rotatable bonds is 2. The topological polar surface area (TPSA) is 46.5 Å². The highest BCUT2D eigenvalue weighted by molar-refractivity contribution is 9.10. The van der Waals surface area contributed by atoms with Gasteiger partial charge < -0.3 is 0 Å². The van der Waals surface area contributed by atoms with E-state index >= 15 is 0 Å². The third-order valence-corrected chi connectivity index (χ3v) is 5.04. The molecule has 0 atom stereocenters. The van der Waals surface area contributed by atoms with Crippen molar-refractivity contribution in [1.82, 2.24) is 0 Å². The Bertz CT molecular complexity index is 589. The molecule has 0 aliphatic rings. The van der Waals surface area contributed by atoms with Gasteiger partial charge in [-0.25, -0.2) is 12.8 Å². The van der Waals surface area contributed by atoms with E-state index in [2.05, 4.69) is 20.3 Å². The lowest BCUT2D eigenvalue weighted by Crippen LogP contribution is -2.26. The zero-order chi connectivity index (χ0) is 14.1. The minimum atomic E-state index is -3.59. The normalized spacial score (nSPS) is 13.8. The van der Waals surface area contributed by atoms with Crippen molar-refractivity contribution in [3.63, 3.8) is 0 Å². The Morgan fingerprint density at radius 3 is 2.33 bits per heavy atom. The van der Waals surface area contributed by atoms with Gasteiger partial charge >= 0.3 is 0 Å². The van der Waals surface area contributed by atoms with Gasteiger partial charge in [0.1, 0.15) is 5.82 Å². The van der Waals surface area contributed by atoms with Crippen molar-refractivity contribution in [3.8, 4) is 0 Å². The Kier molecular flexibility index (Phi) is 4.33. The second-order valence-electron chi connectivity index (χ2n) is 4.89.